The van der Waals surface area contributed by atoms with Crippen LogP contribution in [0.1, 0.15) is 46.4 Å². The second kappa shape index (κ2) is 9.06. The van der Waals surface area contributed by atoms with Crippen molar-refractivity contribution in [3.63, 3.8) is 0 Å². The van der Waals surface area contributed by atoms with E-state index in [2.05, 4.69) is 34.6 Å². The summed E-state index contributed by atoms with van der Waals surface area (Å²) < 4.78 is 7.57. The Labute approximate surface area is 195 Å². The van der Waals surface area contributed by atoms with E-state index in [4.69, 9.17) is 4.74 Å². The van der Waals surface area contributed by atoms with Gasteiger partial charge in [-0.05, 0) is 60.6 Å². The summed E-state index contributed by atoms with van der Waals surface area (Å²) in [5.41, 5.74) is 6.73. The maximum Gasteiger partial charge on any atom is 0.254 e. The molecule has 0 unspecified atom stereocenters. The zero-order valence-electron chi connectivity index (χ0n) is 19.5. The molecule has 1 fully saturated rings. The molecule has 1 aliphatic heterocycles. The third-order valence-corrected chi connectivity index (χ3v) is 7.11. The molecule has 2 aliphatic rings. The number of phenols is 1. The molecule has 0 spiro atoms. The minimum atomic E-state index is 0.180. The van der Waals surface area contributed by atoms with Crippen LogP contribution in [0, 0.1) is 12.8 Å². The van der Waals surface area contributed by atoms with Gasteiger partial charge in [0.25, 0.3) is 5.56 Å². The Balaban J connectivity index is 1.48. The normalized spacial score (nSPS) is 15.9. The minimum absolute atomic E-state index is 0.180. The van der Waals surface area contributed by atoms with Crippen molar-refractivity contribution in [2.45, 2.75) is 52.2 Å². The number of fused-ring (bicyclic) bond motifs is 1. The van der Waals surface area contributed by atoms with Gasteiger partial charge in [0.05, 0.1) is 7.11 Å². The number of ether oxygens (including phenoxy) is 1. The third-order valence-electron chi connectivity index (χ3n) is 7.11. The van der Waals surface area contributed by atoms with Crippen molar-refractivity contribution in [3.05, 3.63) is 92.4 Å². The van der Waals surface area contributed by atoms with Crippen molar-refractivity contribution >= 4 is 0 Å². The molecule has 2 aromatic carbocycles. The third kappa shape index (κ3) is 4.55. The molecule has 0 amide bonds. The smallest absolute Gasteiger partial charge is 0.254 e. The highest BCUT2D eigenvalue weighted by atomic mass is 16.5. The van der Waals surface area contributed by atoms with Gasteiger partial charge in [0.2, 0.25) is 0 Å². The number of methoxy groups -OCH3 is 1. The van der Waals surface area contributed by atoms with E-state index >= 15 is 0 Å². The highest BCUT2D eigenvalue weighted by Crippen LogP contribution is 2.33. The molecule has 1 aliphatic carbocycles. The maximum absolute atomic E-state index is 13.5. The first-order chi connectivity index (χ1) is 16.0. The van der Waals surface area contributed by atoms with Crippen LogP contribution in [0.5, 0.6) is 11.5 Å². The Hall–Kier alpha value is -3.05. The Morgan fingerprint density at radius 3 is 2.67 bits per heavy atom. The molecular weight excluding hydrogens is 412 g/mol. The quantitative estimate of drug-likeness (QED) is 0.586. The molecule has 33 heavy (non-hydrogen) atoms. The van der Waals surface area contributed by atoms with Gasteiger partial charge in [-0.3, -0.25) is 9.69 Å². The summed E-state index contributed by atoms with van der Waals surface area (Å²) in [4.78, 5) is 15.9. The van der Waals surface area contributed by atoms with Crippen molar-refractivity contribution in [1.82, 2.24) is 9.47 Å². The largest absolute Gasteiger partial charge is 0.507 e. The van der Waals surface area contributed by atoms with E-state index in [-0.39, 0.29) is 11.3 Å². The molecule has 172 valence electrons. The highest BCUT2D eigenvalue weighted by molar-refractivity contribution is 5.44. The summed E-state index contributed by atoms with van der Waals surface area (Å²) >= 11 is 0. The Morgan fingerprint density at radius 2 is 1.91 bits per heavy atom. The van der Waals surface area contributed by atoms with Crippen LogP contribution in [0.3, 0.4) is 0 Å². The SMILES string of the molecule is COc1cccc(O)c1CN1CCc2c(cc(Cc3ccccc3C)c(=O)n2CC2CC2)C1. The zero-order valence-corrected chi connectivity index (χ0v) is 19.5. The van der Waals surface area contributed by atoms with Crippen LogP contribution in [0.25, 0.3) is 0 Å². The second-order valence-corrected chi connectivity index (χ2v) is 9.52. The Bertz CT molecular complexity index is 1230. The molecule has 5 heteroatoms. The molecule has 1 N–H and O–H groups in total. The van der Waals surface area contributed by atoms with Crippen LogP contribution < -0.4 is 10.3 Å². The van der Waals surface area contributed by atoms with Crippen LogP contribution in [0.2, 0.25) is 0 Å². The first-order valence-corrected chi connectivity index (χ1v) is 11.9. The number of rotatable bonds is 7. The number of hydrogen-bond donors (Lipinski definition) is 1. The summed E-state index contributed by atoms with van der Waals surface area (Å²) in [6.45, 7) is 5.18. The van der Waals surface area contributed by atoms with Gasteiger partial charge in [-0.25, -0.2) is 0 Å². The first kappa shape index (κ1) is 21.8. The lowest BCUT2D eigenvalue weighted by Gasteiger charge is -2.31. The second-order valence-electron chi connectivity index (χ2n) is 9.52. The number of aromatic hydroxyl groups is 1. The predicted molar refractivity (Wildman–Crippen MR) is 130 cm³/mol. The van der Waals surface area contributed by atoms with Gasteiger partial charge >= 0.3 is 0 Å². The molecule has 1 saturated carbocycles. The van der Waals surface area contributed by atoms with Crippen molar-refractivity contribution in [1.29, 1.82) is 0 Å². The van der Waals surface area contributed by atoms with Gasteiger partial charge in [0.1, 0.15) is 11.5 Å². The van der Waals surface area contributed by atoms with Crippen molar-refractivity contribution in [3.8, 4) is 11.5 Å². The van der Waals surface area contributed by atoms with Crippen molar-refractivity contribution in [2.24, 2.45) is 5.92 Å². The van der Waals surface area contributed by atoms with E-state index in [0.29, 0.717) is 24.6 Å². The number of aryl methyl sites for hydroxylation is 1. The molecule has 2 heterocycles. The Kier molecular flexibility index (Phi) is 5.98. The van der Waals surface area contributed by atoms with Gasteiger partial charge in [0.15, 0.2) is 0 Å². The Morgan fingerprint density at radius 1 is 1.09 bits per heavy atom. The summed E-state index contributed by atoms with van der Waals surface area (Å²) in [7, 11) is 1.64. The van der Waals surface area contributed by atoms with Crippen molar-refractivity contribution < 1.29 is 9.84 Å². The topological polar surface area (TPSA) is 54.7 Å². The standard InChI is InChI=1S/C28H32N2O3/c1-19-6-3-4-7-21(19)14-22-15-23-17-29(18-24-26(31)8-5-9-27(24)33-2)13-12-25(23)30(28(22)32)16-20-10-11-20/h3-9,15,20,31H,10-14,16-18H2,1-2H3. The summed E-state index contributed by atoms with van der Waals surface area (Å²) in [6, 6.07) is 15.9. The number of benzene rings is 2. The fourth-order valence-corrected chi connectivity index (χ4v) is 5.00. The van der Waals surface area contributed by atoms with E-state index in [1.54, 1.807) is 19.2 Å². The van der Waals surface area contributed by atoms with E-state index in [1.807, 2.05) is 18.2 Å². The lowest BCUT2D eigenvalue weighted by molar-refractivity contribution is 0.232. The monoisotopic (exact) mass is 444 g/mol. The van der Waals surface area contributed by atoms with Gasteiger partial charge in [0, 0.05) is 55.8 Å². The van der Waals surface area contributed by atoms with Gasteiger partial charge in [-0.15, -0.1) is 0 Å². The van der Waals surface area contributed by atoms with Crippen LogP contribution in [0.4, 0.5) is 0 Å². The van der Waals surface area contributed by atoms with Crippen molar-refractivity contribution in [2.75, 3.05) is 13.7 Å². The zero-order chi connectivity index (χ0) is 22.9. The summed E-state index contributed by atoms with van der Waals surface area (Å²) in [5.74, 6) is 1.61. The summed E-state index contributed by atoms with van der Waals surface area (Å²) in [6.07, 6.45) is 3.96. The van der Waals surface area contributed by atoms with Gasteiger partial charge in [-0.2, -0.15) is 0 Å². The highest BCUT2D eigenvalue weighted by Gasteiger charge is 2.28. The van der Waals surface area contributed by atoms with E-state index < -0.39 is 0 Å². The molecule has 5 nitrogen and oxygen atoms in total. The van der Waals surface area contributed by atoms with Crippen LogP contribution >= 0.6 is 0 Å². The lowest BCUT2D eigenvalue weighted by atomic mass is 9.97. The van der Waals surface area contributed by atoms with Gasteiger partial charge < -0.3 is 14.4 Å². The molecule has 3 aromatic rings. The molecule has 0 saturated heterocycles. The number of nitrogens with zero attached hydrogens (tertiary/aromatic N) is 2. The first-order valence-electron chi connectivity index (χ1n) is 11.9. The molecule has 0 radical (unpaired) electrons. The van der Waals surface area contributed by atoms with E-state index in [0.717, 1.165) is 37.2 Å². The lowest BCUT2D eigenvalue weighted by Crippen LogP contribution is -2.37. The number of pyridine rings is 1. The fraction of sp³-hybridized carbons (Fsp3) is 0.393. The average molecular weight is 445 g/mol. The molecule has 0 atom stereocenters. The molecule has 5 rings (SSSR count). The summed E-state index contributed by atoms with van der Waals surface area (Å²) in [5, 5.41) is 10.4. The number of aromatic nitrogens is 1. The van der Waals surface area contributed by atoms with E-state index in [9.17, 15) is 9.90 Å². The minimum Gasteiger partial charge on any atom is -0.507 e. The number of hydrogen-bond acceptors (Lipinski definition) is 4. The maximum atomic E-state index is 13.5. The van der Waals surface area contributed by atoms with E-state index in [1.165, 1.54) is 35.2 Å². The number of phenolic OH excluding ortho intramolecular Hbond substituents is 1. The fourth-order valence-electron chi connectivity index (χ4n) is 5.00. The van der Waals surface area contributed by atoms with Crippen LogP contribution in [-0.4, -0.2) is 28.2 Å². The van der Waals surface area contributed by atoms with Crippen LogP contribution in [0.15, 0.2) is 53.3 Å². The van der Waals surface area contributed by atoms with Crippen LogP contribution in [-0.2, 0) is 32.5 Å². The molecule has 0 bridgehead atoms. The predicted octanol–water partition coefficient (Wildman–Crippen LogP) is 4.43. The average Bonchev–Trinajstić information content (AvgIpc) is 3.63. The van der Waals surface area contributed by atoms with Gasteiger partial charge in [-0.1, -0.05) is 30.3 Å². The molecular formula is C28H32N2O3. The molecule has 1 aromatic heterocycles.